The zero-order valence-corrected chi connectivity index (χ0v) is 13.9. The van der Waals surface area contributed by atoms with Crippen LogP contribution in [-0.4, -0.2) is 55.8 Å². The fraction of sp³-hybridized carbons (Fsp3) is 0.615. The highest BCUT2D eigenvalue weighted by Gasteiger charge is 2.34. The van der Waals surface area contributed by atoms with Crippen LogP contribution in [0.15, 0.2) is 18.3 Å². The first-order valence-electron chi connectivity index (χ1n) is 7.04. The van der Waals surface area contributed by atoms with Gasteiger partial charge in [0, 0.05) is 19.2 Å². The van der Waals surface area contributed by atoms with Crippen LogP contribution in [0, 0.1) is 0 Å². The number of nitrogens with zero attached hydrogens (tertiary/aromatic N) is 2. The zero-order valence-electron chi connectivity index (χ0n) is 13.1. The van der Waals surface area contributed by atoms with Crippen molar-refractivity contribution in [2.45, 2.75) is 25.6 Å². The topological polar surface area (TPSA) is 80.8 Å². The summed E-state index contributed by atoms with van der Waals surface area (Å²) in [6.07, 6.45) is -3.38. The van der Waals surface area contributed by atoms with Crippen LogP contribution < -0.4 is 9.46 Å². The smallest absolute Gasteiger partial charge is 0.422 e. The van der Waals surface area contributed by atoms with Crippen molar-refractivity contribution >= 4 is 15.9 Å². The third-order valence-electron chi connectivity index (χ3n) is 3.10. The van der Waals surface area contributed by atoms with Crippen molar-refractivity contribution in [1.29, 1.82) is 0 Å². The van der Waals surface area contributed by atoms with Gasteiger partial charge in [0.05, 0.1) is 24.1 Å². The van der Waals surface area contributed by atoms with Crippen LogP contribution in [0.4, 0.5) is 18.9 Å². The lowest BCUT2D eigenvalue weighted by Crippen LogP contribution is -2.52. The van der Waals surface area contributed by atoms with Crippen LogP contribution in [0.2, 0.25) is 0 Å². The quantitative estimate of drug-likeness (QED) is 0.856. The van der Waals surface area contributed by atoms with Gasteiger partial charge in [0.2, 0.25) is 5.88 Å². The molecule has 0 radical (unpaired) electrons. The SMILES string of the molecule is CC1(C)CN(S(=O)(=O)Nc2ccc(OCC(F)(F)F)nc2)CCO1. The van der Waals surface area contributed by atoms with Gasteiger partial charge in [-0.05, 0) is 19.9 Å². The Labute approximate surface area is 137 Å². The summed E-state index contributed by atoms with van der Waals surface area (Å²) in [5, 5.41) is 0. The van der Waals surface area contributed by atoms with Gasteiger partial charge in [-0.2, -0.15) is 25.9 Å². The van der Waals surface area contributed by atoms with Gasteiger partial charge in [-0.25, -0.2) is 4.98 Å². The number of hydrogen-bond acceptors (Lipinski definition) is 5. The minimum absolute atomic E-state index is 0.124. The number of rotatable bonds is 5. The maximum atomic E-state index is 12.3. The zero-order chi connectivity index (χ0) is 18.0. The monoisotopic (exact) mass is 369 g/mol. The first kappa shape index (κ1) is 18.7. The Morgan fingerprint density at radius 3 is 2.67 bits per heavy atom. The number of alkyl halides is 3. The largest absolute Gasteiger partial charge is 0.468 e. The number of nitrogens with one attached hydrogen (secondary N) is 1. The van der Waals surface area contributed by atoms with E-state index in [2.05, 4.69) is 14.4 Å². The molecule has 136 valence electrons. The van der Waals surface area contributed by atoms with E-state index in [9.17, 15) is 21.6 Å². The molecule has 1 aliphatic rings. The van der Waals surface area contributed by atoms with Gasteiger partial charge in [-0.1, -0.05) is 0 Å². The number of halogens is 3. The van der Waals surface area contributed by atoms with Gasteiger partial charge in [0.25, 0.3) is 0 Å². The van der Waals surface area contributed by atoms with E-state index in [1.807, 2.05) is 0 Å². The van der Waals surface area contributed by atoms with Crippen molar-refractivity contribution in [3.05, 3.63) is 18.3 Å². The molecular formula is C13H18F3N3O4S. The molecule has 7 nitrogen and oxygen atoms in total. The Kier molecular flexibility index (Phi) is 5.25. The van der Waals surface area contributed by atoms with E-state index < -0.39 is 28.6 Å². The number of ether oxygens (including phenoxy) is 2. The van der Waals surface area contributed by atoms with Gasteiger partial charge in [-0.3, -0.25) is 4.72 Å². The Balaban J connectivity index is 1.99. The van der Waals surface area contributed by atoms with E-state index in [0.717, 1.165) is 12.3 Å². The molecule has 1 fully saturated rings. The van der Waals surface area contributed by atoms with E-state index in [0.29, 0.717) is 0 Å². The van der Waals surface area contributed by atoms with Crippen molar-refractivity contribution < 1.29 is 31.1 Å². The fourth-order valence-corrected chi connectivity index (χ4v) is 3.42. The Bertz CT molecular complexity index is 662. The molecule has 0 amide bonds. The number of morpholine rings is 1. The molecule has 0 aromatic carbocycles. The molecule has 2 heterocycles. The molecule has 24 heavy (non-hydrogen) atoms. The van der Waals surface area contributed by atoms with E-state index in [4.69, 9.17) is 4.74 Å². The average molecular weight is 369 g/mol. The maximum Gasteiger partial charge on any atom is 0.422 e. The Morgan fingerprint density at radius 2 is 2.12 bits per heavy atom. The Hall–Kier alpha value is -1.59. The molecular weight excluding hydrogens is 351 g/mol. The lowest BCUT2D eigenvalue weighted by molar-refractivity contribution is -0.154. The van der Waals surface area contributed by atoms with Crippen molar-refractivity contribution in [2.75, 3.05) is 31.0 Å². The van der Waals surface area contributed by atoms with Gasteiger partial charge in [0.1, 0.15) is 0 Å². The molecule has 1 aliphatic heterocycles. The highest BCUT2D eigenvalue weighted by Crippen LogP contribution is 2.22. The van der Waals surface area contributed by atoms with Crippen LogP contribution in [-0.2, 0) is 14.9 Å². The number of anilines is 1. The number of pyridine rings is 1. The lowest BCUT2D eigenvalue weighted by Gasteiger charge is -2.37. The molecule has 1 saturated heterocycles. The van der Waals surface area contributed by atoms with Crippen molar-refractivity contribution in [3.8, 4) is 5.88 Å². The molecule has 0 aliphatic carbocycles. The summed E-state index contributed by atoms with van der Waals surface area (Å²) in [4.78, 5) is 3.65. The lowest BCUT2D eigenvalue weighted by atomic mass is 10.1. The molecule has 11 heteroatoms. The minimum Gasteiger partial charge on any atom is -0.468 e. The molecule has 1 aromatic rings. The van der Waals surface area contributed by atoms with E-state index in [1.54, 1.807) is 13.8 Å². The minimum atomic E-state index is -4.47. The van der Waals surface area contributed by atoms with Crippen LogP contribution in [0.5, 0.6) is 5.88 Å². The van der Waals surface area contributed by atoms with Crippen LogP contribution >= 0.6 is 0 Å². The van der Waals surface area contributed by atoms with Crippen LogP contribution in [0.25, 0.3) is 0 Å². The highest BCUT2D eigenvalue weighted by atomic mass is 32.2. The Morgan fingerprint density at radius 1 is 1.42 bits per heavy atom. The third-order valence-corrected chi connectivity index (χ3v) is 4.58. The summed E-state index contributed by atoms with van der Waals surface area (Å²) in [7, 11) is -3.81. The highest BCUT2D eigenvalue weighted by molar-refractivity contribution is 7.90. The summed E-state index contributed by atoms with van der Waals surface area (Å²) in [6.45, 7) is 2.76. The van der Waals surface area contributed by atoms with Crippen molar-refractivity contribution in [1.82, 2.24) is 9.29 Å². The van der Waals surface area contributed by atoms with Gasteiger partial charge >= 0.3 is 16.4 Å². The third kappa shape index (κ3) is 5.49. The molecule has 0 spiro atoms. The summed E-state index contributed by atoms with van der Waals surface area (Å²) in [6, 6.07) is 2.44. The summed E-state index contributed by atoms with van der Waals surface area (Å²) in [5.41, 5.74) is -0.473. The van der Waals surface area contributed by atoms with Crippen LogP contribution in [0.1, 0.15) is 13.8 Å². The molecule has 0 unspecified atom stereocenters. The van der Waals surface area contributed by atoms with E-state index >= 15 is 0 Å². The van der Waals surface area contributed by atoms with Gasteiger partial charge in [0.15, 0.2) is 6.61 Å². The summed E-state index contributed by atoms with van der Waals surface area (Å²) < 4.78 is 74.3. The molecule has 0 bridgehead atoms. The molecule has 1 N–H and O–H groups in total. The second kappa shape index (κ2) is 6.73. The fourth-order valence-electron chi connectivity index (χ4n) is 2.07. The number of aromatic nitrogens is 1. The second-order valence-corrected chi connectivity index (χ2v) is 7.51. The first-order valence-corrected chi connectivity index (χ1v) is 8.48. The van der Waals surface area contributed by atoms with E-state index in [1.165, 1.54) is 10.4 Å². The maximum absolute atomic E-state index is 12.3. The first-order chi connectivity index (χ1) is 11.0. The normalized spacial score (nSPS) is 19.0. The predicted molar refractivity (Wildman–Crippen MR) is 79.9 cm³/mol. The molecule has 1 aromatic heterocycles. The molecule has 2 rings (SSSR count). The summed E-state index contributed by atoms with van der Waals surface area (Å²) >= 11 is 0. The van der Waals surface area contributed by atoms with Crippen molar-refractivity contribution in [2.24, 2.45) is 0 Å². The van der Waals surface area contributed by atoms with Gasteiger partial charge in [-0.15, -0.1) is 0 Å². The van der Waals surface area contributed by atoms with Crippen molar-refractivity contribution in [3.63, 3.8) is 0 Å². The summed E-state index contributed by atoms with van der Waals surface area (Å²) in [5.74, 6) is -0.247. The van der Waals surface area contributed by atoms with E-state index in [-0.39, 0.29) is 31.3 Å². The average Bonchev–Trinajstić information content (AvgIpc) is 2.44. The van der Waals surface area contributed by atoms with Gasteiger partial charge < -0.3 is 9.47 Å². The molecule has 0 saturated carbocycles. The predicted octanol–water partition coefficient (Wildman–Crippen LogP) is 1.79. The van der Waals surface area contributed by atoms with Crippen LogP contribution in [0.3, 0.4) is 0 Å². The standard InChI is InChI=1S/C13H18F3N3O4S/c1-12(2)8-19(5-6-23-12)24(20,21)18-10-3-4-11(17-7-10)22-9-13(14,15)16/h3-4,7,18H,5-6,8-9H2,1-2H3. The number of hydrogen-bond donors (Lipinski definition) is 1. The molecule has 0 atom stereocenters. The second-order valence-electron chi connectivity index (χ2n) is 5.84.